The first-order valence-electron chi connectivity index (χ1n) is 7.02. The summed E-state index contributed by atoms with van der Waals surface area (Å²) < 4.78 is 5.30. The monoisotopic (exact) mass is 277 g/mol. The van der Waals surface area contributed by atoms with Gasteiger partial charge in [0.2, 0.25) is 0 Å². The molecule has 4 N–H and O–H groups in total. The molecule has 1 aromatic carbocycles. The van der Waals surface area contributed by atoms with Crippen LogP contribution in [0.2, 0.25) is 0 Å². The number of nitrogens with one attached hydrogen (secondary N) is 1. The maximum atomic E-state index is 8.74. The molecule has 2 rings (SSSR count). The molecular formula is C15H23N3O2. The van der Waals surface area contributed by atoms with Gasteiger partial charge in [0.05, 0.1) is 12.7 Å². The van der Waals surface area contributed by atoms with Gasteiger partial charge in [0.15, 0.2) is 5.84 Å². The summed E-state index contributed by atoms with van der Waals surface area (Å²) in [5.74, 6) is 1.51. The van der Waals surface area contributed by atoms with Gasteiger partial charge in [-0.2, -0.15) is 0 Å². The van der Waals surface area contributed by atoms with Crippen LogP contribution >= 0.6 is 0 Å². The van der Waals surface area contributed by atoms with Crippen molar-refractivity contribution in [3.63, 3.8) is 0 Å². The first-order chi connectivity index (χ1) is 9.63. The molecule has 1 saturated carbocycles. The Balaban J connectivity index is 2.02. The molecule has 1 fully saturated rings. The fraction of sp³-hybridized carbons (Fsp3) is 0.533. The average Bonchev–Trinajstić information content (AvgIpc) is 2.89. The van der Waals surface area contributed by atoms with Gasteiger partial charge >= 0.3 is 0 Å². The number of oxime groups is 1. The highest BCUT2D eigenvalue weighted by atomic mass is 16.5. The number of hydrogen-bond donors (Lipinski definition) is 3. The molecule has 110 valence electrons. The van der Waals surface area contributed by atoms with E-state index in [0.29, 0.717) is 17.4 Å². The average molecular weight is 277 g/mol. The molecule has 0 spiro atoms. The molecule has 0 aliphatic heterocycles. The molecule has 0 amide bonds. The summed E-state index contributed by atoms with van der Waals surface area (Å²) >= 11 is 0. The molecular weight excluding hydrogens is 254 g/mol. The Morgan fingerprint density at radius 3 is 2.90 bits per heavy atom. The van der Waals surface area contributed by atoms with Crippen molar-refractivity contribution < 1.29 is 9.94 Å². The maximum Gasteiger partial charge on any atom is 0.173 e. The summed E-state index contributed by atoms with van der Waals surface area (Å²) in [4.78, 5) is 0. The van der Waals surface area contributed by atoms with Gasteiger partial charge in [0, 0.05) is 12.6 Å². The lowest BCUT2D eigenvalue weighted by Crippen LogP contribution is -2.25. The Morgan fingerprint density at radius 1 is 1.50 bits per heavy atom. The van der Waals surface area contributed by atoms with Gasteiger partial charge in [0.1, 0.15) is 5.75 Å². The van der Waals surface area contributed by atoms with E-state index in [9.17, 15) is 0 Å². The smallest absolute Gasteiger partial charge is 0.173 e. The third-order valence-corrected chi connectivity index (χ3v) is 3.94. The van der Waals surface area contributed by atoms with Gasteiger partial charge in [-0.1, -0.05) is 18.1 Å². The highest BCUT2D eigenvalue weighted by Crippen LogP contribution is 2.25. The number of rotatable bonds is 5. The van der Waals surface area contributed by atoms with Crippen LogP contribution in [0.1, 0.15) is 37.3 Å². The van der Waals surface area contributed by atoms with E-state index in [0.717, 1.165) is 18.0 Å². The SMILES string of the molecule is COc1cc(CNC2CCC(C)C2)ccc1/C(N)=N/O. The molecule has 0 aromatic heterocycles. The second-order valence-electron chi connectivity index (χ2n) is 5.52. The summed E-state index contributed by atoms with van der Waals surface area (Å²) in [5.41, 5.74) is 7.35. The first-order valence-corrected chi connectivity index (χ1v) is 7.02. The van der Waals surface area contributed by atoms with Crippen LogP contribution in [0.4, 0.5) is 0 Å². The fourth-order valence-corrected chi connectivity index (χ4v) is 2.77. The first kappa shape index (κ1) is 14.7. The molecule has 1 aromatic rings. The van der Waals surface area contributed by atoms with Crippen LogP contribution in [0.5, 0.6) is 5.75 Å². The molecule has 0 heterocycles. The molecule has 0 radical (unpaired) electrons. The lowest BCUT2D eigenvalue weighted by Gasteiger charge is -2.14. The Kier molecular flexibility index (Phi) is 4.84. The summed E-state index contributed by atoms with van der Waals surface area (Å²) in [6.07, 6.45) is 3.81. The van der Waals surface area contributed by atoms with E-state index < -0.39 is 0 Å². The van der Waals surface area contributed by atoms with Crippen molar-refractivity contribution in [2.24, 2.45) is 16.8 Å². The third kappa shape index (κ3) is 3.42. The maximum absolute atomic E-state index is 8.74. The molecule has 1 aliphatic carbocycles. The van der Waals surface area contributed by atoms with Crippen LogP contribution in [-0.2, 0) is 6.54 Å². The number of nitrogens with two attached hydrogens (primary N) is 1. The molecule has 1 aliphatic rings. The van der Waals surface area contributed by atoms with E-state index >= 15 is 0 Å². The Hall–Kier alpha value is -1.75. The minimum absolute atomic E-state index is 0.0611. The quantitative estimate of drug-likeness (QED) is 0.333. The summed E-state index contributed by atoms with van der Waals surface area (Å²) in [6, 6.07) is 6.34. The molecule has 5 heteroatoms. The molecule has 0 saturated heterocycles. The zero-order valence-electron chi connectivity index (χ0n) is 12.1. The lowest BCUT2D eigenvalue weighted by atomic mass is 10.1. The minimum Gasteiger partial charge on any atom is -0.496 e. The zero-order chi connectivity index (χ0) is 14.5. The topological polar surface area (TPSA) is 79.9 Å². The summed E-state index contributed by atoms with van der Waals surface area (Å²) in [5, 5.41) is 15.3. The van der Waals surface area contributed by atoms with Gasteiger partial charge in [-0.3, -0.25) is 0 Å². The highest BCUT2D eigenvalue weighted by Gasteiger charge is 2.20. The summed E-state index contributed by atoms with van der Waals surface area (Å²) in [7, 11) is 1.58. The predicted octanol–water partition coefficient (Wildman–Crippen LogP) is 2.07. The van der Waals surface area contributed by atoms with Crippen molar-refractivity contribution in [1.82, 2.24) is 5.32 Å². The molecule has 2 atom stereocenters. The van der Waals surface area contributed by atoms with Gasteiger partial charge in [-0.15, -0.1) is 0 Å². The minimum atomic E-state index is 0.0611. The van der Waals surface area contributed by atoms with Crippen LogP contribution in [0, 0.1) is 5.92 Å². The van der Waals surface area contributed by atoms with Crippen molar-refractivity contribution in [3.05, 3.63) is 29.3 Å². The Labute approximate surface area is 119 Å². The van der Waals surface area contributed by atoms with Gasteiger partial charge < -0.3 is 21.0 Å². The Morgan fingerprint density at radius 2 is 2.30 bits per heavy atom. The number of nitrogens with zero attached hydrogens (tertiary/aromatic N) is 1. The van der Waals surface area contributed by atoms with Crippen LogP contribution in [0.3, 0.4) is 0 Å². The second-order valence-corrected chi connectivity index (χ2v) is 5.52. The summed E-state index contributed by atoms with van der Waals surface area (Å²) in [6.45, 7) is 3.11. The van der Waals surface area contributed by atoms with Crippen LogP contribution < -0.4 is 15.8 Å². The van der Waals surface area contributed by atoms with E-state index in [4.69, 9.17) is 15.7 Å². The van der Waals surface area contributed by atoms with Crippen molar-refractivity contribution in [1.29, 1.82) is 0 Å². The molecule has 20 heavy (non-hydrogen) atoms. The van der Waals surface area contributed by atoms with E-state index in [-0.39, 0.29) is 5.84 Å². The number of benzene rings is 1. The number of methoxy groups -OCH3 is 1. The molecule has 5 nitrogen and oxygen atoms in total. The largest absolute Gasteiger partial charge is 0.496 e. The van der Waals surface area contributed by atoms with Gasteiger partial charge in [-0.05, 0) is 42.9 Å². The molecule has 0 bridgehead atoms. The van der Waals surface area contributed by atoms with Gasteiger partial charge in [0.25, 0.3) is 0 Å². The molecule has 2 unspecified atom stereocenters. The van der Waals surface area contributed by atoms with Crippen LogP contribution in [-0.4, -0.2) is 24.2 Å². The van der Waals surface area contributed by atoms with Crippen molar-refractivity contribution in [2.45, 2.75) is 38.8 Å². The number of ether oxygens (including phenoxy) is 1. The van der Waals surface area contributed by atoms with Crippen LogP contribution in [0.15, 0.2) is 23.4 Å². The second kappa shape index (κ2) is 6.61. The van der Waals surface area contributed by atoms with E-state index in [1.807, 2.05) is 18.2 Å². The lowest BCUT2D eigenvalue weighted by molar-refractivity contribution is 0.318. The van der Waals surface area contributed by atoms with Crippen molar-refractivity contribution in [2.75, 3.05) is 7.11 Å². The van der Waals surface area contributed by atoms with Gasteiger partial charge in [-0.25, -0.2) is 0 Å². The predicted molar refractivity (Wildman–Crippen MR) is 79.1 cm³/mol. The van der Waals surface area contributed by atoms with Crippen LogP contribution in [0.25, 0.3) is 0 Å². The number of hydrogen-bond acceptors (Lipinski definition) is 4. The number of amidine groups is 1. The van der Waals surface area contributed by atoms with E-state index in [1.165, 1.54) is 19.3 Å². The normalized spacial score (nSPS) is 23.0. The van der Waals surface area contributed by atoms with Crippen molar-refractivity contribution >= 4 is 5.84 Å². The highest BCUT2D eigenvalue weighted by molar-refractivity contribution is 5.99. The van der Waals surface area contributed by atoms with E-state index in [2.05, 4.69) is 17.4 Å². The van der Waals surface area contributed by atoms with Crippen molar-refractivity contribution in [3.8, 4) is 5.75 Å². The fourth-order valence-electron chi connectivity index (χ4n) is 2.77. The Bertz CT molecular complexity index is 488. The standard InChI is InChI=1S/C15H23N3O2/c1-10-3-5-12(7-10)17-9-11-4-6-13(15(16)18-19)14(8-11)20-2/h4,6,8,10,12,17,19H,3,5,7,9H2,1-2H3,(H2,16,18). The van der Waals surface area contributed by atoms with E-state index in [1.54, 1.807) is 7.11 Å². The zero-order valence-corrected chi connectivity index (χ0v) is 12.1. The third-order valence-electron chi connectivity index (χ3n) is 3.94.